The van der Waals surface area contributed by atoms with Crippen LogP contribution in [-0.2, 0) is 6.42 Å². The molecule has 1 aliphatic heterocycles. The number of pyridine rings is 1. The summed E-state index contributed by atoms with van der Waals surface area (Å²) in [5.41, 5.74) is 5.16. The van der Waals surface area contributed by atoms with Crippen molar-refractivity contribution in [2.24, 2.45) is 0 Å². The number of hydrogen-bond donors (Lipinski definition) is 1. The van der Waals surface area contributed by atoms with Gasteiger partial charge >= 0.3 is 0 Å². The van der Waals surface area contributed by atoms with Gasteiger partial charge in [0.1, 0.15) is 12.4 Å². The van der Waals surface area contributed by atoms with E-state index in [1.807, 2.05) is 42.7 Å². The Balaban J connectivity index is 1.68. The molecule has 0 saturated heterocycles. The van der Waals surface area contributed by atoms with Crippen molar-refractivity contribution in [2.75, 3.05) is 32.8 Å². The Morgan fingerprint density at radius 2 is 1.87 bits per heavy atom. The molecule has 0 aliphatic carbocycles. The highest BCUT2D eigenvalue weighted by Gasteiger charge is 2.13. The van der Waals surface area contributed by atoms with Gasteiger partial charge in [-0.1, -0.05) is 25.1 Å². The second-order valence-electron chi connectivity index (χ2n) is 7.88. The van der Waals surface area contributed by atoms with Crippen molar-refractivity contribution in [1.82, 2.24) is 15.2 Å². The van der Waals surface area contributed by atoms with E-state index in [2.05, 4.69) is 46.4 Å². The number of hydrogen-bond acceptors (Lipinski definition) is 4. The van der Waals surface area contributed by atoms with E-state index in [1.165, 1.54) is 0 Å². The molecule has 3 aromatic rings. The highest BCUT2D eigenvalue weighted by Crippen LogP contribution is 2.29. The fourth-order valence-corrected chi connectivity index (χ4v) is 3.99. The van der Waals surface area contributed by atoms with Crippen LogP contribution in [0.1, 0.15) is 34.8 Å². The van der Waals surface area contributed by atoms with Crippen molar-refractivity contribution in [3.8, 4) is 16.9 Å². The Morgan fingerprint density at radius 3 is 2.71 bits per heavy atom. The fourth-order valence-electron chi connectivity index (χ4n) is 3.99. The fraction of sp³-hybridized carbons (Fsp3) is 0.308. The van der Waals surface area contributed by atoms with Gasteiger partial charge in [0.25, 0.3) is 5.91 Å². The van der Waals surface area contributed by atoms with Crippen LogP contribution in [0, 0.1) is 0 Å². The number of carbonyl (C=O) groups is 1. The van der Waals surface area contributed by atoms with Crippen molar-refractivity contribution in [2.45, 2.75) is 19.8 Å². The number of fused-ring (bicyclic) bond motifs is 3. The first-order valence-corrected chi connectivity index (χ1v) is 11.0. The van der Waals surface area contributed by atoms with Crippen LogP contribution in [0.4, 0.5) is 0 Å². The van der Waals surface area contributed by atoms with Crippen LogP contribution in [0.15, 0.2) is 67.0 Å². The number of amides is 1. The summed E-state index contributed by atoms with van der Waals surface area (Å²) in [6.45, 7) is 6.07. The van der Waals surface area contributed by atoms with E-state index in [0.29, 0.717) is 25.1 Å². The maximum atomic E-state index is 12.6. The largest absolute Gasteiger partial charge is 0.492 e. The number of benzene rings is 2. The van der Waals surface area contributed by atoms with Crippen molar-refractivity contribution in [3.63, 3.8) is 0 Å². The smallest absolute Gasteiger partial charge is 0.251 e. The average molecular weight is 416 g/mol. The number of rotatable bonds is 3. The number of nitrogens with zero attached hydrogens (tertiary/aromatic N) is 2. The number of ether oxygens (including phenoxy) is 1. The van der Waals surface area contributed by atoms with E-state index in [9.17, 15) is 4.79 Å². The molecular weight excluding hydrogens is 386 g/mol. The number of aromatic nitrogens is 1. The molecule has 5 heteroatoms. The van der Waals surface area contributed by atoms with Crippen LogP contribution in [0.2, 0.25) is 0 Å². The molecule has 2 bridgehead atoms. The molecule has 31 heavy (non-hydrogen) atoms. The predicted molar refractivity (Wildman–Crippen MR) is 123 cm³/mol. The summed E-state index contributed by atoms with van der Waals surface area (Å²) in [5, 5.41) is 3.06. The molecule has 160 valence electrons. The van der Waals surface area contributed by atoms with Crippen molar-refractivity contribution in [1.29, 1.82) is 0 Å². The van der Waals surface area contributed by atoms with Gasteiger partial charge in [-0.05, 0) is 71.6 Å². The molecule has 2 aromatic carbocycles. The molecule has 0 fully saturated rings. The zero-order valence-corrected chi connectivity index (χ0v) is 18.0. The molecule has 0 saturated carbocycles. The third kappa shape index (κ3) is 5.50. The van der Waals surface area contributed by atoms with Gasteiger partial charge < -0.3 is 10.1 Å². The Bertz CT molecular complexity index is 1020. The van der Waals surface area contributed by atoms with E-state index in [4.69, 9.17) is 4.74 Å². The third-order valence-electron chi connectivity index (χ3n) is 5.58. The minimum absolute atomic E-state index is 0.0163. The normalized spacial score (nSPS) is 15.3. The first-order chi connectivity index (χ1) is 15.2. The highest BCUT2D eigenvalue weighted by molar-refractivity contribution is 5.94. The molecule has 1 aliphatic rings. The minimum atomic E-state index is -0.0163. The van der Waals surface area contributed by atoms with E-state index >= 15 is 0 Å². The molecule has 1 aromatic heterocycles. The van der Waals surface area contributed by atoms with Gasteiger partial charge in [-0.3, -0.25) is 14.7 Å². The molecular formula is C26H29N3O2. The second kappa shape index (κ2) is 10.2. The Hall–Kier alpha value is -3.18. The lowest BCUT2D eigenvalue weighted by Gasteiger charge is -2.23. The van der Waals surface area contributed by atoms with Gasteiger partial charge in [-0.2, -0.15) is 0 Å². The summed E-state index contributed by atoms with van der Waals surface area (Å²) in [5.74, 6) is 0.888. The predicted octanol–water partition coefficient (Wildman–Crippen LogP) is 4.17. The molecule has 1 N–H and O–H groups in total. The first-order valence-electron chi connectivity index (χ1n) is 11.0. The van der Waals surface area contributed by atoms with Crippen LogP contribution in [-0.4, -0.2) is 48.6 Å². The van der Waals surface area contributed by atoms with Gasteiger partial charge in [0.15, 0.2) is 0 Å². The van der Waals surface area contributed by atoms with Gasteiger partial charge in [-0.15, -0.1) is 0 Å². The zero-order valence-electron chi connectivity index (χ0n) is 18.0. The summed E-state index contributed by atoms with van der Waals surface area (Å²) < 4.78 is 6.25. The summed E-state index contributed by atoms with van der Waals surface area (Å²) in [7, 11) is 0. The van der Waals surface area contributed by atoms with Crippen LogP contribution < -0.4 is 10.1 Å². The number of nitrogens with one attached hydrogen (secondary N) is 1. The molecule has 0 atom stereocenters. The highest BCUT2D eigenvalue weighted by atomic mass is 16.5. The van der Waals surface area contributed by atoms with E-state index < -0.39 is 0 Å². The van der Waals surface area contributed by atoms with E-state index in [1.54, 1.807) is 0 Å². The average Bonchev–Trinajstić information content (AvgIpc) is 2.80. The lowest BCUT2D eigenvalue weighted by molar-refractivity contribution is 0.0947. The maximum absolute atomic E-state index is 12.6. The van der Waals surface area contributed by atoms with Gasteiger partial charge in [-0.25, -0.2) is 0 Å². The SMILES string of the molecule is CCCN1CCNC(=O)c2cccc(c2)Cc2cc(-c3ccncc3)ccc2OCC1. The Morgan fingerprint density at radius 1 is 1.00 bits per heavy atom. The molecule has 0 radical (unpaired) electrons. The third-order valence-corrected chi connectivity index (χ3v) is 5.58. The zero-order chi connectivity index (χ0) is 21.5. The standard InChI is InChI=1S/C26H29N3O2/c1-2-13-29-14-12-28-26(30)23-5-3-4-20(17-23)18-24-19-22(21-8-10-27-11-9-21)6-7-25(24)31-16-15-29/h3-11,17,19H,2,12-16,18H2,1H3,(H,28,30). The van der Waals surface area contributed by atoms with Gasteiger partial charge in [0.05, 0.1) is 0 Å². The van der Waals surface area contributed by atoms with E-state index in [0.717, 1.165) is 54.1 Å². The lowest BCUT2D eigenvalue weighted by Crippen LogP contribution is -2.37. The topological polar surface area (TPSA) is 54.5 Å². The van der Waals surface area contributed by atoms with Crippen LogP contribution in [0.3, 0.4) is 0 Å². The molecule has 1 amide bonds. The molecule has 5 nitrogen and oxygen atoms in total. The monoisotopic (exact) mass is 415 g/mol. The molecule has 0 unspecified atom stereocenters. The molecule has 4 rings (SSSR count). The molecule has 2 heterocycles. The van der Waals surface area contributed by atoms with Crippen molar-refractivity contribution < 1.29 is 9.53 Å². The van der Waals surface area contributed by atoms with Gasteiger partial charge in [0.2, 0.25) is 0 Å². The Kier molecular flexibility index (Phi) is 6.95. The van der Waals surface area contributed by atoms with Crippen LogP contribution in [0.5, 0.6) is 5.75 Å². The minimum Gasteiger partial charge on any atom is -0.492 e. The first kappa shape index (κ1) is 21.1. The maximum Gasteiger partial charge on any atom is 0.251 e. The van der Waals surface area contributed by atoms with Gasteiger partial charge in [0, 0.05) is 44.0 Å². The summed E-state index contributed by atoms with van der Waals surface area (Å²) in [6, 6.07) is 18.3. The van der Waals surface area contributed by atoms with E-state index in [-0.39, 0.29) is 5.91 Å². The van der Waals surface area contributed by atoms with Crippen molar-refractivity contribution in [3.05, 3.63) is 83.7 Å². The Labute approximate surface area is 184 Å². The van der Waals surface area contributed by atoms with Crippen LogP contribution in [0.25, 0.3) is 11.1 Å². The quantitative estimate of drug-likeness (QED) is 0.698. The number of carbonyl (C=O) groups excluding carboxylic acids is 1. The lowest BCUT2D eigenvalue weighted by atomic mass is 9.97. The second-order valence-corrected chi connectivity index (χ2v) is 7.88. The molecule has 0 spiro atoms. The summed E-state index contributed by atoms with van der Waals surface area (Å²) >= 11 is 0. The summed E-state index contributed by atoms with van der Waals surface area (Å²) in [4.78, 5) is 19.1. The van der Waals surface area contributed by atoms with Crippen LogP contribution >= 0.6 is 0 Å². The summed E-state index contributed by atoms with van der Waals surface area (Å²) in [6.07, 6.45) is 5.39. The van der Waals surface area contributed by atoms with Crippen molar-refractivity contribution >= 4 is 5.91 Å².